The van der Waals surface area contributed by atoms with Crippen molar-refractivity contribution in [3.05, 3.63) is 60.9 Å². The Balaban J connectivity index is 1.43. The molecule has 3 heterocycles. The van der Waals surface area contributed by atoms with Crippen LogP contribution in [-0.2, 0) is 4.79 Å². The summed E-state index contributed by atoms with van der Waals surface area (Å²) in [4.78, 5) is 30.3. The summed E-state index contributed by atoms with van der Waals surface area (Å²) in [7, 11) is 0. The van der Waals surface area contributed by atoms with Crippen molar-refractivity contribution in [3.8, 4) is 5.82 Å². The average Bonchev–Trinajstić information content (AvgIpc) is 3.21. The van der Waals surface area contributed by atoms with Crippen LogP contribution in [0.25, 0.3) is 5.82 Å². The second-order valence-electron chi connectivity index (χ2n) is 7.26. The summed E-state index contributed by atoms with van der Waals surface area (Å²) in [5.74, 6) is 2.85. The number of aryl methyl sites for hydroxylation is 1. The van der Waals surface area contributed by atoms with E-state index in [0.29, 0.717) is 6.54 Å². The number of rotatable bonds is 5. The van der Waals surface area contributed by atoms with Crippen LogP contribution >= 0.6 is 0 Å². The van der Waals surface area contributed by atoms with Gasteiger partial charge in [-0.25, -0.2) is 15.0 Å². The topological polar surface area (TPSA) is 67.2 Å². The second kappa shape index (κ2) is 8.43. The van der Waals surface area contributed by atoms with E-state index >= 15 is 0 Å². The fourth-order valence-corrected chi connectivity index (χ4v) is 3.91. The zero-order chi connectivity index (χ0) is 20.2. The molecule has 0 aliphatic carbocycles. The molecule has 0 bridgehead atoms. The van der Waals surface area contributed by atoms with E-state index in [2.05, 4.69) is 19.9 Å². The third-order valence-corrected chi connectivity index (χ3v) is 5.53. The lowest BCUT2D eigenvalue weighted by Gasteiger charge is -2.34. The smallest absolute Gasteiger partial charge is 0.230 e. The molecule has 1 saturated heterocycles. The number of benzene rings is 1. The molecular formula is C22H26N6O. The van der Waals surface area contributed by atoms with Gasteiger partial charge in [0, 0.05) is 49.7 Å². The number of hydrogen-bond acceptors (Lipinski definition) is 5. The summed E-state index contributed by atoms with van der Waals surface area (Å²) in [6.07, 6.45) is 6.91. The first-order chi connectivity index (χ1) is 14.2. The molecule has 1 fully saturated rings. The third-order valence-electron chi connectivity index (χ3n) is 5.53. The number of aromatic nitrogens is 4. The zero-order valence-electron chi connectivity index (χ0n) is 16.9. The summed E-state index contributed by atoms with van der Waals surface area (Å²) in [5, 5.41) is 0. The minimum atomic E-state index is 0.0450. The molecule has 29 heavy (non-hydrogen) atoms. The number of carbonyl (C=O) groups is 1. The van der Waals surface area contributed by atoms with Crippen LogP contribution < -0.4 is 9.80 Å². The summed E-state index contributed by atoms with van der Waals surface area (Å²) >= 11 is 0. The van der Waals surface area contributed by atoms with Crippen LogP contribution in [0.4, 0.5) is 11.5 Å². The van der Waals surface area contributed by atoms with Crippen molar-refractivity contribution < 1.29 is 4.79 Å². The van der Waals surface area contributed by atoms with E-state index in [1.54, 1.807) is 12.5 Å². The second-order valence-corrected chi connectivity index (χ2v) is 7.26. The lowest BCUT2D eigenvalue weighted by molar-refractivity contribution is -0.122. The number of carbonyl (C=O) groups excluding carboxylic acids is 1. The Hall–Kier alpha value is -3.22. The molecular weight excluding hydrogens is 364 g/mol. The highest BCUT2D eigenvalue weighted by molar-refractivity contribution is 5.95. The number of piperidine rings is 1. The highest BCUT2D eigenvalue weighted by Crippen LogP contribution is 2.26. The lowest BCUT2D eigenvalue weighted by Crippen LogP contribution is -2.43. The van der Waals surface area contributed by atoms with E-state index in [-0.39, 0.29) is 11.8 Å². The maximum absolute atomic E-state index is 13.1. The molecule has 0 spiro atoms. The van der Waals surface area contributed by atoms with Crippen LogP contribution in [-0.4, -0.2) is 45.1 Å². The van der Waals surface area contributed by atoms with Gasteiger partial charge in [-0.1, -0.05) is 18.2 Å². The number of anilines is 2. The van der Waals surface area contributed by atoms with E-state index < -0.39 is 0 Å². The first-order valence-electron chi connectivity index (χ1n) is 10.1. The van der Waals surface area contributed by atoms with Gasteiger partial charge in [0.2, 0.25) is 5.91 Å². The highest BCUT2D eigenvalue weighted by atomic mass is 16.2. The van der Waals surface area contributed by atoms with Gasteiger partial charge in [-0.2, -0.15) is 0 Å². The van der Waals surface area contributed by atoms with Crippen LogP contribution in [0.2, 0.25) is 0 Å². The monoisotopic (exact) mass is 390 g/mol. The molecule has 7 nitrogen and oxygen atoms in total. The molecule has 7 heteroatoms. The molecule has 0 unspecified atom stereocenters. The third kappa shape index (κ3) is 3.99. The molecule has 0 atom stereocenters. The molecule has 2 aromatic heterocycles. The molecule has 0 N–H and O–H groups in total. The van der Waals surface area contributed by atoms with Crippen molar-refractivity contribution in [1.29, 1.82) is 0 Å². The SMILES string of the molecule is CCN(C(=O)C1CCN(c2cc(-n3ccnc3C)ncn2)CC1)c1ccccc1. The molecule has 0 saturated carbocycles. The van der Waals surface area contributed by atoms with Crippen molar-refractivity contribution in [3.63, 3.8) is 0 Å². The zero-order valence-corrected chi connectivity index (χ0v) is 16.9. The number of imidazole rings is 1. The predicted octanol–water partition coefficient (Wildman–Crippen LogP) is 3.24. The number of nitrogens with zero attached hydrogens (tertiary/aromatic N) is 6. The summed E-state index contributed by atoms with van der Waals surface area (Å²) in [6, 6.07) is 11.9. The Morgan fingerprint density at radius 2 is 1.83 bits per heavy atom. The van der Waals surface area contributed by atoms with Crippen LogP contribution in [0.5, 0.6) is 0 Å². The summed E-state index contributed by atoms with van der Waals surface area (Å²) in [6.45, 7) is 6.28. The maximum Gasteiger partial charge on any atom is 0.230 e. The van der Waals surface area contributed by atoms with Gasteiger partial charge in [0.15, 0.2) is 0 Å². The standard InChI is InChI=1S/C22H26N6O/c1-3-27(19-7-5-4-6-8-19)22(29)18-9-12-26(13-10-18)20-15-21(25-16-24-20)28-14-11-23-17(28)2/h4-8,11,14-16,18H,3,9-10,12-13H2,1-2H3. The number of para-hydroxylation sites is 1. The van der Waals surface area contributed by atoms with E-state index in [0.717, 1.165) is 49.1 Å². The van der Waals surface area contributed by atoms with E-state index in [4.69, 9.17) is 0 Å². The lowest BCUT2D eigenvalue weighted by atomic mass is 9.95. The van der Waals surface area contributed by atoms with E-state index in [1.165, 1.54) is 0 Å². The molecule has 0 radical (unpaired) electrons. The van der Waals surface area contributed by atoms with Crippen LogP contribution in [0.3, 0.4) is 0 Å². The minimum Gasteiger partial charge on any atom is -0.356 e. The van der Waals surface area contributed by atoms with Gasteiger partial charge in [0.25, 0.3) is 0 Å². The van der Waals surface area contributed by atoms with Crippen LogP contribution in [0, 0.1) is 12.8 Å². The van der Waals surface area contributed by atoms with Crippen molar-refractivity contribution in [2.45, 2.75) is 26.7 Å². The Kier molecular flexibility index (Phi) is 5.55. The normalized spacial score (nSPS) is 14.8. The summed E-state index contributed by atoms with van der Waals surface area (Å²) < 4.78 is 1.94. The van der Waals surface area contributed by atoms with Crippen molar-refractivity contribution >= 4 is 17.4 Å². The molecule has 1 aliphatic rings. The van der Waals surface area contributed by atoms with Gasteiger partial charge in [-0.3, -0.25) is 9.36 Å². The quantitative estimate of drug-likeness (QED) is 0.669. The highest BCUT2D eigenvalue weighted by Gasteiger charge is 2.29. The number of hydrogen-bond donors (Lipinski definition) is 0. The van der Waals surface area contributed by atoms with Gasteiger partial charge in [-0.05, 0) is 38.8 Å². The van der Waals surface area contributed by atoms with Crippen LogP contribution in [0.1, 0.15) is 25.6 Å². The molecule has 4 rings (SSSR count). The predicted molar refractivity (Wildman–Crippen MR) is 113 cm³/mol. The molecule has 150 valence electrons. The Labute approximate surface area is 171 Å². The van der Waals surface area contributed by atoms with Gasteiger partial charge in [0.05, 0.1) is 0 Å². The van der Waals surface area contributed by atoms with Gasteiger partial charge < -0.3 is 9.80 Å². The Bertz CT molecular complexity index is 962. The van der Waals surface area contributed by atoms with Crippen molar-refractivity contribution in [2.24, 2.45) is 5.92 Å². The minimum absolute atomic E-state index is 0.0450. The molecule has 3 aromatic rings. The van der Waals surface area contributed by atoms with E-state index in [9.17, 15) is 4.79 Å². The first-order valence-corrected chi connectivity index (χ1v) is 10.1. The van der Waals surface area contributed by atoms with E-state index in [1.807, 2.05) is 65.9 Å². The van der Waals surface area contributed by atoms with Crippen molar-refractivity contribution in [2.75, 3.05) is 29.4 Å². The first kappa shape index (κ1) is 19.1. The summed E-state index contributed by atoms with van der Waals surface area (Å²) in [5.41, 5.74) is 0.971. The van der Waals surface area contributed by atoms with Gasteiger partial charge >= 0.3 is 0 Å². The van der Waals surface area contributed by atoms with Gasteiger partial charge in [0.1, 0.15) is 23.8 Å². The van der Waals surface area contributed by atoms with Crippen molar-refractivity contribution in [1.82, 2.24) is 19.5 Å². The average molecular weight is 390 g/mol. The Morgan fingerprint density at radius 3 is 2.48 bits per heavy atom. The van der Waals surface area contributed by atoms with Crippen LogP contribution in [0.15, 0.2) is 55.1 Å². The number of amides is 1. The fourth-order valence-electron chi connectivity index (χ4n) is 3.91. The molecule has 1 aliphatic heterocycles. The van der Waals surface area contributed by atoms with Gasteiger partial charge in [-0.15, -0.1) is 0 Å². The maximum atomic E-state index is 13.1. The molecule has 1 amide bonds. The fraction of sp³-hybridized carbons (Fsp3) is 0.364. The largest absolute Gasteiger partial charge is 0.356 e. The molecule has 1 aromatic carbocycles. The Morgan fingerprint density at radius 1 is 1.10 bits per heavy atom.